The molecule has 3 N–H and O–H groups in total. The third kappa shape index (κ3) is 6.68. The van der Waals surface area contributed by atoms with Gasteiger partial charge in [-0.1, -0.05) is 19.9 Å². The summed E-state index contributed by atoms with van der Waals surface area (Å²) < 4.78 is 48.2. The lowest BCUT2D eigenvalue weighted by Gasteiger charge is -2.19. The van der Waals surface area contributed by atoms with Crippen LogP contribution in [0.15, 0.2) is 34.0 Å². The molecule has 0 saturated carbocycles. The molecule has 1 aliphatic rings. The first kappa shape index (κ1) is 29.8. The van der Waals surface area contributed by atoms with Crippen molar-refractivity contribution in [2.24, 2.45) is 0 Å². The number of benzene rings is 1. The number of halogens is 3. The number of hydrogen-bond acceptors (Lipinski definition) is 7. The third-order valence-corrected chi connectivity index (χ3v) is 6.29. The maximum absolute atomic E-state index is 12.8. The van der Waals surface area contributed by atoms with Gasteiger partial charge in [0.1, 0.15) is 0 Å². The van der Waals surface area contributed by atoms with Gasteiger partial charge >= 0.3 is 12.1 Å². The predicted molar refractivity (Wildman–Crippen MR) is 134 cm³/mol. The number of methoxy groups -OCH3 is 2. The number of phenols is 1. The van der Waals surface area contributed by atoms with E-state index in [0.29, 0.717) is 33.6 Å². The predicted octanol–water partition coefficient (Wildman–Crippen LogP) is 3.97. The van der Waals surface area contributed by atoms with Crippen molar-refractivity contribution in [2.45, 2.75) is 43.8 Å². The van der Waals surface area contributed by atoms with Crippen LogP contribution in [0, 0.1) is 0 Å². The fourth-order valence-electron chi connectivity index (χ4n) is 3.99. The highest BCUT2D eigenvalue weighted by Crippen LogP contribution is 2.49. The molecular formula is C25H29F3N2O6S. The average Bonchev–Trinajstić information content (AvgIpc) is 3.10. The standard InChI is InChI=1S/C23H23F3N2O6S.C2H6/c1-33-20-16(30)8-11-4-6-14(28-18(31)10-27-22(32)23(24,25)26)13-9-15(29)17(35-3)7-5-12(13)19(11)21(20)34-2;1-2/h5,7-9,14,30H,4,6,10H2,1-3H3,(H,27,32)(H,28,31);1-2H3. The minimum absolute atomic E-state index is 0.0912. The van der Waals surface area contributed by atoms with Crippen LogP contribution in [0.4, 0.5) is 13.2 Å². The van der Waals surface area contributed by atoms with Gasteiger partial charge < -0.3 is 25.2 Å². The summed E-state index contributed by atoms with van der Waals surface area (Å²) in [4.78, 5) is 36.8. The number of hydrogen-bond donors (Lipinski definition) is 3. The smallest absolute Gasteiger partial charge is 0.471 e. The van der Waals surface area contributed by atoms with Gasteiger partial charge in [0.25, 0.3) is 0 Å². The monoisotopic (exact) mass is 542 g/mol. The molecule has 0 fully saturated rings. The molecule has 12 heteroatoms. The maximum atomic E-state index is 12.8. The van der Waals surface area contributed by atoms with Gasteiger partial charge in [0.15, 0.2) is 16.9 Å². The fourth-order valence-corrected chi connectivity index (χ4v) is 4.45. The lowest BCUT2D eigenvalue weighted by atomic mass is 9.95. The summed E-state index contributed by atoms with van der Waals surface area (Å²) in [7, 11) is 2.77. The van der Waals surface area contributed by atoms with Crippen molar-refractivity contribution in [3.05, 3.63) is 45.6 Å². The van der Waals surface area contributed by atoms with Gasteiger partial charge in [-0.25, -0.2) is 0 Å². The summed E-state index contributed by atoms with van der Waals surface area (Å²) in [6, 6.07) is 5.42. The van der Waals surface area contributed by atoms with E-state index in [9.17, 15) is 32.7 Å². The number of aromatic hydroxyl groups is 1. The zero-order valence-electron chi connectivity index (χ0n) is 21.0. The van der Waals surface area contributed by atoms with E-state index < -0.39 is 30.6 Å². The Morgan fingerprint density at radius 2 is 1.78 bits per heavy atom. The quantitative estimate of drug-likeness (QED) is 0.474. The Morgan fingerprint density at radius 1 is 1.14 bits per heavy atom. The van der Waals surface area contributed by atoms with E-state index in [1.165, 1.54) is 43.4 Å². The number of amides is 2. The molecule has 0 radical (unpaired) electrons. The number of ether oxygens (including phenoxy) is 2. The number of phenolic OH excluding ortho intramolecular Hbond substituents is 1. The van der Waals surface area contributed by atoms with Gasteiger partial charge in [-0.3, -0.25) is 14.4 Å². The molecule has 8 nitrogen and oxygen atoms in total. The molecule has 1 aliphatic carbocycles. The van der Waals surface area contributed by atoms with E-state index in [1.807, 2.05) is 13.8 Å². The zero-order chi connectivity index (χ0) is 27.9. The number of rotatable bonds is 6. The van der Waals surface area contributed by atoms with Crippen molar-refractivity contribution >= 4 is 23.6 Å². The van der Waals surface area contributed by atoms with Crippen LogP contribution in [0.5, 0.6) is 17.2 Å². The Hall–Kier alpha value is -3.41. The second-order valence-corrected chi connectivity index (χ2v) is 8.46. The van der Waals surface area contributed by atoms with E-state index in [1.54, 1.807) is 18.4 Å². The largest absolute Gasteiger partial charge is 0.504 e. The van der Waals surface area contributed by atoms with Crippen molar-refractivity contribution in [1.29, 1.82) is 0 Å². The summed E-state index contributed by atoms with van der Waals surface area (Å²) >= 11 is 1.23. The Kier molecular flexibility index (Phi) is 10.2. The van der Waals surface area contributed by atoms with E-state index in [-0.39, 0.29) is 29.1 Å². The first-order valence-corrected chi connectivity index (χ1v) is 12.6. The summed E-state index contributed by atoms with van der Waals surface area (Å²) in [5.74, 6) is -2.92. The minimum Gasteiger partial charge on any atom is -0.504 e. The van der Waals surface area contributed by atoms with Gasteiger partial charge in [-0.2, -0.15) is 13.2 Å². The first-order valence-electron chi connectivity index (χ1n) is 11.4. The number of carbonyl (C=O) groups is 2. The number of nitrogens with one attached hydrogen (secondary N) is 2. The number of thioether (sulfide) groups is 1. The first-order chi connectivity index (χ1) is 17.5. The van der Waals surface area contributed by atoms with Crippen molar-refractivity contribution < 1.29 is 37.3 Å². The van der Waals surface area contributed by atoms with Crippen LogP contribution in [-0.4, -0.2) is 50.1 Å². The van der Waals surface area contributed by atoms with Crippen LogP contribution in [-0.2, 0) is 16.0 Å². The van der Waals surface area contributed by atoms with Crippen LogP contribution in [0.25, 0.3) is 11.1 Å². The summed E-state index contributed by atoms with van der Waals surface area (Å²) in [5.41, 5.74) is 1.84. The molecule has 0 bridgehead atoms. The Labute approximate surface area is 216 Å². The van der Waals surface area contributed by atoms with Crippen LogP contribution in [0.2, 0.25) is 0 Å². The van der Waals surface area contributed by atoms with Gasteiger partial charge in [0.2, 0.25) is 11.7 Å². The van der Waals surface area contributed by atoms with Crippen molar-refractivity contribution in [1.82, 2.24) is 10.6 Å². The SMILES string of the molecule is CC.COc1c(O)cc2c(c1OC)-c1ccc(SC)c(=O)cc1C(NC(=O)CNC(=O)C(F)(F)F)CC2. The lowest BCUT2D eigenvalue weighted by molar-refractivity contribution is -0.173. The van der Waals surface area contributed by atoms with Crippen molar-refractivity contribution in [3.63, 3.8) is 0 Å². The second-order valence-electron chi connectivity index (χ2n) is 7.61. The molecule has 1 atom stereocenters. The van der Waals surface area contributed by atoms with E-state index in [0.717, 1.165) is 0 Å². The third-order valence-electron chi connectivity index (χ3n) is 5.52. The normalized spacial score (nSPS) is 14.1. The molecule has 2 aromatic carbocycles. The van der Waals surface area contributed by atoms with Gasteiger partial charge in [-0.15, -0.1) is 11.8 Å². The molecule has 1 unspecified atom stereocenters. The second kappa shape index (κ2) is 12.7. The fraction of sp³-hybridized carbons (Fsp3) is 0.400. The molecular weight excluding hydrogens is 513 g/mol. The Bertz CT molecular complexity index is 1220. The van der Waals surface area contributed by atoms with Gasteiger partial charge in [0.05, 0.1) is 31.7 Å². The van der Waals surface area contributed by atoms with Crippen LogP contribution in [0.3, 0.4) is 0 Å². The molecule has 3 rings (SSSR count). The summed E-state index contributed by atoms with van der Waals surface area (Å²) in [6.07, 6.45) is -2.80. The van der Waals surface area contributed by atoms with Gasteiger partial charge in [0, 0.05) is 5.56 Å². The van der Waals surface area contributed by atoms with E-state index in [4.69, 9.17) is 9.47 Å². The lowest BCUT2D eigenvalue weighted by Crippen LogP contribution is -2.43. The number of alkyl halides is 3. The molecule has 0 spiro atoms. The molecule has 0 saturated heterocycles. The molecule has 0 aromatic heterocycles. The van der Waals surface area contributed by atoms with Crippen molar-refractivity contribution in [3.8, 4) is 28.4 Å². The zero-order valence-corrected chi connectivity index (χ0v) is 21.9. The summed E-state index contributed by atoms with van der Waals surface area (Å²) in [6.45, 7) is 3.11. The van der Waals surface area contributed by atoms with E-state index >= 15 is 0 Å². The molecule has 0 heterocycles. The average molecular weight is 543 g/mol. The molecule has 2 amide bonds. The highest BCUT2D eigenvalue weighted by atomic mass is 32.2. The Morgan fingerprint density at radius 3 is 2.35 bits per heavy atom. The molecule has 37 heavy (non-hydrogen) atoms. The molecule has 2 aromatic rings. The topological polar surface area (TPSA) is 114 Å². The van der Waals surface area contributed by atoms with E-state index in [2.05, 4.69) is 5.32 Å². The number of carbonyl (C=O) groups excluding carboxylic acids is 2. The highest BCUT2D eigenvalue weighted by molar-refractivity contribution is 7.98. The van der Waals surface area contributed by atoms with Crippen LogP contribution in [0.1, 0.15) is 37.4 Å². The van der Waals surface area contributed by atoms with Gasteiger partial charge in [-0.05, 0) is 54.0 Å². The Balaban J connectivity index is 0.00000235. The molecule has 0 aliphatic heterocycles. The number of fused-ring (bicyclic) bond motifs is 3. The minimum atomic E-state index is -5.12. The van der Waals surface area contributed by atoms with Crippen LogP contribution >= 0.6 is 11.8 Å². The highest BCUT2D eigenvalue weighted by Gasteiger charge is 2.38. The van der Waals surface area contributed by atoms with Crippen molar-refractivity contribution in [2.75, 3.05) is 27.0 Å². The van der Waals surface area contributed by atoms with Crippen LogP contribution < -0.4 is 25.5 Å². The summed E-state index contributed by atoms with van der Waals surface area (Å²) in [5, 5.41) is 14.6. The number of aryl methyl sites for hydroxylation is 1. The maximum Gasteiger partial charge on any atom is 0.471 e. The molecule has 202 valence electrons.